The van der Waals surface area contributed by atoms with E-state index in [0.29, 0.717) is 42.5 Å². The van der Waals surface area contributed by atoms with Crippen LogP contribution in [0.15, 0.2) is 48.5 Å². The summed E-state index contributed by atoms with van der Waals surface area (Å²) in [6, 6.07) is 14.7. The third kappa shape index (κ3) is 5.23. The lowest BCUT2D eigenvalue weighted by Crippen LogP contribution is -2.31. The molecule has 0 atom stereocenters. The van der Waals surface area contributed by atoms with Crippen LogP contribution in [-0.4, -0.2) is 48.4 Å². The van der Waals surface area contributed by atoms with Gasteiger partial charge in [-0.15, -0.1) is 0 Å². The zero-order valence-electron chi connectivity index (χ0n) is 15.4. The number of ether oxygens (including phenoxy) is 1. The van der Waals surface area contributed by atoms with E-state index in [1.54, 1.807) is 30.1 Å². The van der Waals surface area contributed by atoms with Crippen LogP contribution < -0.4 is 4.74 Å². The molecule has 0 radical (unpaired) electrons. The van der Waals surface area contributed by atoms with E-state index >= 15 is 0 Å². The summed E-state index contributed by atoms with van der Waals surface area (Å²) >= 11 is 5.93. The van der Waals surface area contributed by atoms with Crippen molar-refractivity contribution in [2.24, 2.45) is 0 Å². The summed E-state index contributed by atoms with van der Waals surface area (Å²) in [7, 11) is 1.75. The average Bonchev–Trinajstić information content (AvgIpc) is 3.06. The Hall–Kier alpha value is -2.53. The monoisotopic (exact) mass is 386 g/mol. The van der Waals surface area contributed by atoms with Crippen molar-refractivity contribution in [2.45, 2.75) is 19.4 Å². The molecule has 2 aromatic carbocycles. The van der Waals surface area contributed by atoms with Gasteiger partial charge in [-0.05, 0) is 42.3 Å². The van der Waals surface area contributed by atoms with Crippen LogP contribution in [0.5, 0.6) is 5.75 Å². The second-order valence-corrected chi connectivity index (χ2v) is 7.09. The van der Waals surface area contributed by atoms with E-state index in [4.69, 9.17) is 16.3 Å². The van der Waals surface area contributed by atoms with Crippen molar-refractivity contribution in [2.75, 3.05) is 26.7 Å². The Morgan fingerprint density at radius 2 is 2.04 bits per heavy atom. The zero-order valence-corrected chi connectivity index (χ0v) is 16.1. The maximum Gasteiger partial charge on any atom is 0.253 e. The van der Waals surface area contributed by atoms with Gasteiger partial charge in [0.25, 0.3) is 5.91 Å². The molecule has 142 valence electrons. The number of amides is 2. The van der Waals surface area contributed by atoms with Crippen LogP contribution in [0.3, 0.4) is 0 Å². The van der Waals surface area contributed by atoms with E-state index in [1.807, 2.05) is 35.2 Å². The molecule has 0 spiro atoms. The molecule has 2 amide bonds. The summed E-state index contributed by atoms with van der Waals surface area (Å²) in [6.07, 6.45) is 1.53. The third-order valence-electron chi connectivity index (χ3n) is 4.56. The Labute approximate surface area is 164 Å². The minimum Gasteiger partial charge on any atom is -0.492 e. The molecule has 5 nitrogen and oxygen atoms in total. The smallest absolute Gasteiger partial charge is 0.253 e. The lowest BCUT2D eigenvalue weighted by atomic mass is 10.1. The highest BCUT2D eigenvalue weighted by Crippen LogP contribution is 2.18. The highest BCUT2D eigenvalue weighted by atomic mass is 35.5. The van der Waals surface area contributed by atoms with Crippen molar-refractivity contribution in [1.29, 1.82) is 0 Å². The van der Waals surface area contributed by atoms with Gasteiger partial charge in [-0.25, -0.2) is 0 Å². The van der Waals surface area contributed by atoms with Crippen molar-refractivity contribution in [3.05, 3.63) is 64.7 Å². The number of hydrogen-bond donors (Lipinski definition) is 0. The topological polar surface area (TPSA) is 49.9 Å². The molecule has 2 aromatic rings. The number of nitrogens with zero attached hydrogens (tertiary/aromatic N) is 2. The molecular formula is C21H23ClN2O3. The molecule has 0 saturated carbocycles. The average molecular weight is 387 g/mol. The number of likely N-dealkylation sites (tertiary alicyclic amines) is 1. The number of hydrogen-bond acceptors (Lipinski definition) is 3. The molecule has 0 unspecified atom stereocenters. The van der Waals surface area contributed by atoms with E-state index in [1.165, 1.54) is 0 Å². The van der Waals surface area contributed by atoms with Gasteiger partial charge in [0, 0.05) is 37.1 Å². The minimum atomic E-state index is -0.0701. The summed E-state index contributed by atoms with van der Waals surface area (Å²) in [4.78, 5) is 27.9. The largest absolute Gasteiger partial charge is 0.492 e. The fourth-order valence-electron chi connectivity index (χ4n) is 3.07. The summed E-state index contributed by atoms with van der Waals surface area (Å²) < 4.78 is 5.65. The number of halogens is 1. The van der Waals surface area contributed by atoms with Crippen LogP contribution in [0.4, 0.5) is 0 Å². The first-order chi connectivity index (χ1) is 13.0. The second kappa shape index (κ2) is 8.91. The van der Waals surface area contributed by atoms with Crippen molar-refractivity contribution in [3.8, 4) is 5.75 Å². The molecule has 0 aromatic heterocycles. The van der Waals surface area contributed by atoms with Crippen molar-refractivity contribution in [1.82, 2.24) is 9.80 Å². The molecule has 1 fully saturated rings. The molecule has 3 rings (SSSR count). The molecule has 6 heteroatoms. The quantitative estimate of drug-likeness (QED) is 0.730. The third-order valence-corrected chi connectivity index (χ3v) is 4.79. The number of likely N-dealkylation sites (N-methyl/N-ethyl adjacent to an activating group) is 1. The predicted octanol–water partition coefficient (Wildman–Crippen LogP) is 3.61. The maximum atomic E-state index is 12.7. The highest BCUT2D eigenvalue weighted by molar-refractivity contribution is 6.30. The van der Waals surface area contributed by atoms with Gasteiger partial charge in [-0.1, -0.05) is 29.8 Å². The predicted molar refractivity (Wildman–Crippen MR) is 105 cm³/mol. The Bertz CT molecular complexity index is 825. The van der Waals surface area contributed by atoms with E-state index in [9.17, 15) is 9.59 Å². The van der Waals surface area contributed by atoms with Gasteiger partial charge < -0.3 is 14.5 Å². The van der Waals surface area contributed by atoms with Crippen molar-refractivity contribution >= 4 is 23.4 Å². The van der Waals surface area contributed by atoms with Gasteiger partial charge in [0.15, 0.2) is 0 Å². The molecule has 1 aliphatic heterocycles. The Morgan fingerprint density at radius 3 is 2.78 bits per heavy atom. The van der Waals surface area contributed by atoms with Gasteiger partial charge in [0.05, 0.1) is 6.54 Å². The molecule has 0 aliphatic carbocycles. The van der Waals surface area contributed by atoms with Crippen LogP contribution >= 0.6 is 11.6 Å². The lowest BCUT2D eigenvalue weighted by molar-refractivity contribution is -0.128. The number of rotatable bonds is 7. The van der Waals surface area contributed by atoms with Gasteiger partial charge in [-0.3, -0.25) is 9.59 Å². The first-order valence-electron chi connectivity index (χ1n) is 9.03. The van der Waals surface area contributed by atoms with E-state index in [2.05, 4.69) is 0 Å². The molecule has 1 saturated heterocycles. The molecule has 1 aliphatic rings. The number of benzene rings is 2. The summed E-state index contributed by atoms with van der Waals surface area (Å²) in [5, 5.41) is 0.616. The van der Waals surface area contributed by atoms with E-state index < -0.39 is 0 Å². The first-order valence-corrected chi connectivity index (χ1v) is 9.41. The van der Waals surface area contributed by atoms with Gasteiger partial charge in [0.1, 0.15) is 12.4 Å². The van der Waals surface area contributed by atoms with Crippen molar-refractivity contribution in [3.63, 3.8) is 0 Å². The normalized spacial score (nSPS) is 13.7. The van der Waals surface area contributed by atoms with Gasteiger partial charge >= 0.3 is 0 Å². The summed E-state index contributed by atoms with van der Waals surface area (Å²) in [5.74, 6) is 0.793. The Morgan fingerprint density at radius 1 is 1.22 bits per heavy atom. The summed E-state index contributed by atoms with van der Waals surface area (Å²) in [6.45, 7) is 2.18. The standard InChI is InChI=1S/C21H23ClN2O3/c1-23(11-12-27-19-8-3-7-18(22)14-19)21(26)17-6-2-5-16(13-17)15-24-10-4-9-20(24)25/h2-3,5-8,13-14H,4,9-12,15H2,1H3. The van der Waals surface area contributed by atoms with Crippen LogP contribution in [0.25, 0.3) is 0 Å². The van der Waals surface area contributed by atoms with Gasteiger partial charge in [-0.2, -0.15) is 0 Å². The molecule has 27 heavy (non-hydrogen) atoms. The van der Waals surface area contributed by atoms with E-state index in [0.717, 1.165) is 18.5 Å². The fourth-order valence-corrected chi connectivity index (χ4v) is 3.25. The van der Waals surface area contributed by atoms with Crippen molar-refractivity contribution < 1.29 is 14.3 Å². The van der Waals surface area contributed by atoms with Crippen LogP contribution in [0.1, 0.15) is 28.8 Å². The van der Waals surface area contributed by atoms with Gasteiger partial charge in [0.2, 0.25) is 5.91 Å². The van der Waals surface area contributed by atoms with Crippen LogP contribution in [-0.2, 0) is 11.3 Å². The molecule has 0 bridgehead atoms. The molecule has 0 N–H and O–H groups in total. The highest BCUT2D eigenvalue weighted by Gasteiger charge is 2.20. The SMILES string of the molecule is CN(CCOc1cccc(Cl)c1)C(=O)c1cccc(CN2CCCC2=O)c1. The number of carbonyl (C=O) groups is 2. The zero-order chi connectivity index (χ0) is 19.2. The minimum absolute atomic E-state index is 0.0701. The Kier molecular flexibility index (Phi) is 6.35. The second-order valence-electron chi connectivity index (χ2n) is 6.65. The summed E-state index contributed by atoms with van der Waals surface area (Å²) in [5.41, 5.74) is 1.59. The lowest BCUT2D eigenvalue weighted by Gasteiger charge is -2.19. The Balaban J connectivity index is 1.54. The fraction of sp³-hybridized carbons (Fsp3) is 0.333. The van der Waals surface area contributed by atoms with Crippen LogP contribution in [0.2, 0.25) is 5.02 Å². The van der Waals surface area contributed by atoms with Crippen LogP contribution in [0, 0.1) is 0 Å². The number of carbonyl (C=O) groups excluding carboxylic acids is 2. The molecule has 1 heterocycles. The maximum absolute atomic E-state index is 12.7. The van der Waals surface area contributed by atoms with E-state index in [-0.39, 0.29) is 11.8 Å². The molecular weight excluding hydrogens is 364 g/mol. The first kappa shape index (κ1) is 19.2.